The van der Waals surface area contributed by atoms with Crippen LogP contribution in [-0.2, 0) is 0 Å². The van der Waals surface area contributed by atoms with Gasteiger partial charge in [-0.25, -0.2) is 4.79 Å². The molecule has 0 saturated heterocycles. The van der Waals surface area contributed by atoms with Crippen LogP contribution >= 0.6 is 22.6 Å². The van der Waals surface area contributed by atoms with Crippen LogP contribution in [0.5, 0.6) is 0 Å². The molecule has 0 saturated carbocycles. The molecule has 0 aliphatic carbocycles. The molecule has 0 aliphatic rings. The van der Waals surface area contributed by atoms with Gasteiger partial charge in [0, 0.05) is 5.56 Å². The van der Waals surface area contributed by atoms with Crippen molar-refractivity contribution in [3.05, 3.63) is 56.0 Å². The van der Waals surface area contributed by atoms with Crippen LogP contribution in [0.3, 0.4) is 0 Å². The van der Waals surface area contributed by atoms with Crippen molar-refractivity contribution in [2.24, 2.45) is 0 Å². The molecule has 0 fully saturated rings. The molecule has 0 amide bonds. The van der Waals surface area contributed by atoms with E-state index in [-0.39, 0.29) is 5.63 Å². The third-order valence-electron chi connectivity index (χ3n) is 2.11. The number of rotatable bonds is 1. The highest BCUT2D eigenvalue weighted by atomic mass is 127. The van der Waals surface area contributed by atoms with E-state index < -0.39 is 0 Å². The van der Waals surface area contributed by atoms with Gasteiger partial charge in [0.1, 0.15) is 5.76 Å². The van der Waals surface area contributed by atoms with E-state index in [1.807, 2.05) is 59.8 Å². The fourth-order valence-electron chi connectivity index (χ4n) is 1.27. The van der Waals surface area contributed by atoms with Gasteiger partial charge in [-0.1, -0.05) is 29.8 Å². The lowest BCUT2D eigenvalue weighted by Gasteiger charge is -2.00. The Balaban J connectivity index is 2.50. The van der Waals surface area contributed by atoms with Crippen molar-refractivity contribution in [3.63, 3.8) is 0 Å². The van der Waals surface area contributed by atoms with Gasteiger partial charge in [-0.05, 0) is 41.6 Å². The number of benzene rings is 1. The maximum atomic E-state index is 11.3. The largest absolute Gasteiger partial charge is 0.422 e. The lowest BCUT2D eigenvalue weighted by molar-refractivity contribution is 0.521. The fraction of sp³-hybridized carbons (Fsp3) is 0.0833. The molecule has 0 radical (unpaired) electrons. The minimum Gasteiger partial charge on any atom is -0.422 e. The number of aryl methyl sites for hydroxylation is 1. The summed E-state index contributed by atoms with van der Waals surface area (Å²) in [5, 5.41) is 0. The van der Waals surface area contributed by atoms with Crippen molar-refractivity contribution in [2.45, 2.75) is 6.92 Å². The Hall–Kier alpha value is -1.10. The van der Waals surface area contributed by atoms with Gasteiger partial charge in [-0.15, -0.1) is 0 Å². The van der Waals surface area contributed by atoms with E-state index >= 15 is 0 Å². The van der Waals surface area contributed by atoms with Crippen LogP contribution in [0, 0.1) is 10.5 Å². The zero-order chi connectivity index (χ0) is 10.8. The quantitative estimate of drug-likeness (QED) is 0.757. The normalized spacial score (nSPS) is 10.3. The van der Waals surface area contributed by atoms with Gasteiger partial charge >= 0.3 is 5.63 Å². The molecule has 2 aromatic rings. The third-order valence-corrected chi connectivity index (χ3v) is 2.91. The van der Waals surface area contributed by atoms with E-state index in [0.29, 0.717) is 9.33 Å². The lowest BCUT2D eigenvalue weighted by Crippen LogP contribution is -2.02. The molecule has 0 aliphatic heterocycles. The molecule has 2 nitrogen and oxygen atoms in total. The molecular weight excluding hydrogens is 303 g/mol. The van der Waals surface area contributed by atoms with E-state index in [4.69, 9.17) is 4.42 Å². The summed E-state index contributed by atoms with van der Waals surface area (Å²) < 4.78 is 5.77. The molecule has 2 rings (SSSR count). The van der Waals surface area contributed by atoms with Crippen molar-refractivity contribution >= 4 is 22.6 Å². The Kier molecular flexibility index (Phi) is 2.90. The lowest BCUT2D eigenvalue weighted by atomic mass is 10.1. The van der Waals surface area contributed by atoms with Gasteiger partial charge in [-0.3, -0.25) is 0 Å². The van der Waals surface area contributed by atoms with Crippen LogP contribution in [0.4, 0.5) is 0 Å². The van der Waals surface area contributed by atoms with Crippen LogP contribution in [0.15, 0.2) is 45.6 Å². The van der Waals surface area contributed by atoms with E-state index in [1.165, 1.54) is 5.56 Å². The van der Waals surface area contributed by atoms with Crippen LogP contribution < -0.4 is 5.63 Å². The first kappa shape index (κ1) is 10.4. The minimum atomic E-state index is -0.284. The van der Waals surface area contributed by atoms with Crippen LogP contribution in [0.1, 0.15) is 5.56 Å². The molecular formula is C12H9IO2. The molecule has 0 atom stereocenters. The van der Waals surface area contributed by atoms with E-state index in [9.17, 15) is 4.79 Å². The molecule has 0 bridgehead atoms. The Morgan fingerprint density at radius 2 is 1.73 bits per heavy atom. The van der Waals surface area contributed by atoms with Crippen molar-refractivity contribution in [1.29, 1.82) is 0 Å². The molecule has 1 aromatic carbocycles. The second-order valence-electron chi connectivity index (χ2n) is 3.30. The summed E-state index contributed by atoms with van der Waals surface area (Å²) in [6.45, 7) is 2.02. The maximum absolute atomic E-state index is 11.3. The molecule has 0 unspecified atom stereocenters. The number of hydrogen-bond donors (Lipinski definition) is 0. The molecule has 1 aromatic heterocycles. The monoisotopic (exact) mass is 312 g/mol. The van der Waals surface area contributed by atoms with Gasteiger partial charge in [0.15, 0.2) is 0 Å². The highest BCUT2D eigenvalue weighted by Gasteiger charge is 2.02. The van der Waals surface area contributed by atoms with Gasteiger partial charge in [0.05, 0.1) is 3.57 Å². The molecule has 15 heavy (non-hydrogen) atoms. The zero-order valence-corrected chi connectivity index (χ0v) is 10.3. The second kappa shape index (κ2) is 4.18. The first-order valence-corrected chi connectivity index (χ1v) is 5.61. The summed E-state index contributed by atoms with van der Waals surface area (Å²) in [7, 11) is 0. The van der Waals surface area contributed by atoms with Crippen LogP contribution in [0.2, 0.25) is 0 Å². The molecule has 76 valence electrons. The predicted molar refractivity (Wildman–Crippen MR) is 67.9 cm³/mol. The standard InChI is InChI=1S/C12H9IO2/c1-8-2-4-9(5-3-8)11-7-6-10(13)12(14)15-11/h2-7H,1H3. The average molecular weight is 312 g/mol. The molecule has 0 spiro atoms. The fourth-order valence-corrected chi connectivity index (χ4v) is 1.56. The first-order chi connectivity index (χ1) is 7.16. The van der Waals surface area contributed by atoms with Crippen molar-refractivity contribution in [2.75, 3.05) is 0 Å². The summed E-state index contributed by atoms with van der Waals surface area (Å²) in [4.78, 5) is 11.3. The maximum Gasteiger partial charge on any atom is 0.349 e. The Morgan fingerprint density at radius 3 is 2.33 bits per heavy atom. The SMILES string of the molecule is Cc1ccc(-c2ccc(I)c(=O)o2)cc1. The van der Waals surface area contributed by atoms with Crippen LogP contribution in [0.25, 0.3) is 11.3 Å². The highest BCUT2D eigenvalue weighted by Crippen LogP contribution is 2.18. The highest BCUT2D eigenvalue weighted by molar-refractivity contribution is 14.1. The minimum absolute atomic E-state index is 0.284. The van der Waals surface area contributed by atoms with Crippen LogP contribution in [-0.4, -0.2) is 0 Å². The van der Waals surface area contributed by atoms with E-state index in [1.54, 1.807) is 6.07 Å². The van der Waals surface area contributed by atoms with Gasteiger partial charge < -0.3 is 4.42 Å². The number of halogens is 1. The van der Waals surface area contributed by atoms with Crippen molar-refractivity contribution in [1.82, 2.24) is 0 Å². The number of hydrogen-bond acceptors (Lipinski definition) is 2. The summed E-state index contributed by atoms with van der Waals surface area (Å²) in [6, 6.07) is 11.5. The summed E-state index contributed by atoms with van der Waals surface area (Å²) in [5.41, 5.74) is 1.83. The van der Waals surface area contributed by atoms with E-state index in [2.05, 4.69) is 0 Å². The zero-order valence-electron chi connectivity index (χ0n) is 8.16. The van der Waals surface area contributed by atoms with Gasteiger partial charge in [-0.2, -0.15) is 0 Å². The average Bonchev–Trinajstić information content (AvgIpc) is 2.23. The van der Waals surface area contributed by atoms with Gasteiger partial charge in [0.25, 0.3) is 0 Å². The first-order valence-electron chi connectivity index (χ1n) is 4.53. The predicted octanol–water partition coefficient (Wildman–Crippen LogP) is 3.22. The summed E-state index contributed by atoms with van der Waals surface area (Å²) in [5.74, 6) is 0.611. The Morgan fingerprint density at radius 1 is 1.07 bits per heavy atom. The summed E-state index contributed by atoms with van der Waals surface area (Å²) >= 11 is 1.96. The van der Waals surface area contributed by atoms with Crippen molar-refractivity contribution < 1.29 is 4.42 Å². The summed E-state index contributed by atoms with van der Waals surface area (Å²) in [6.07, 6.45) is 0. The topological polar surface area (TPSA) is 30.2 Å². The third kappa shape index (κ3) is 2.28. The Bertz CT molecular complexity index is 526. The Labute approximate surface area is 101 Å². The van der Waals surface area contributed by atoms with Crippen molar-refractivity contribution in [3.8, 4) is 11.3 Å². The van der Waals surface area contributed by atoms with Gasteiger partial charge in [0.2, 0.25) is 0 Å². The van der Waals surface area contributed by atoms with E-state index in [0.717, 1.165) is 5.56 Å². The second-order valence-corrected chi connectivity index (χ2v) is 4.46. The smallest absolute Gasteiger partial charge is 0.349 e. The molecule has 1 heterocycles. The molecule has 0 N–H and O–H groups in total. The molecule has 3 heteroatoms.